The van der Waals surface area contributed by atoms with E-state index in [2.05, 4.69) is 11.9 Å². The number of thiazole rings is 1. The molecule has 2 rings (SSSR count). The molecule has 0 aliphatic carbocycles. The van der Waals surface area contributed by atoms with Gasteiger partial charge in [-0.25, -0.2) is 4.98 Å². The van der Waals surface area contributed by atoms with Gasteiger partial charge in [-0.1, -0.05) is 18.3 Å². The van der Waals surface area contributed by atoms with Crippen molar-refractivity contribution in [3.8, 4) is 0 Å². The van der Waals surface area contributed by atoms with Gasteiger partial charge in [-0.15, -0.1) is 0 Å². The van der Waals surface area contributed by atoms with Crippen molar-refractivity contribution in [2.45, 2.75) is 39.3 Å². The lowest BCUT2D eigenvalue weighted by Gasteiger charge is -2.36. The number of amides is 1. The van der Waals surface area contributed by atoms with Crippen LogP contribution in [0.15, 0.2) is 0 Å². The molecule has 2 unspecified atom stereocenters. The Hall–Kier alpha value is -1.34. The highest BCUT2D eigenvalue weighted by atomic mass is 32.1. The maximum atomic E-state index is 12.7. The Morgan fingerprint density at radius 1 is 1.57 bits per heavy atom. The molecule has 1 aliphatic rings. The van der Waals surface area contributed by atoms with Gasteiger partial charge in [-0.3, -0.25) is 4.79 Å². The summed E-state index contributed by atoms with van der Waals surface area (Å²) in [7, 11) is 1.97. The molecule has 0 spiro atoms. The monoisotopic (exact) mass is 312 g/mol. The number of anilines is 2. The van der Waals surface area contributed by atoms with Gasteiger partial charge in [0.15, 0.2) is 5.13 Å². The number of carbonyl (C=O) groups excluding carboxylic acids is 1. The van der Waals surface area contributed by atoms with Crippen molar-refractivity contribution in [1.82, 2.24) is 9.88 Å². The number of rotatable bonds is 4. The summed E-state index contributed by atoms with van der Waals surface area (Å²) in [4.78, 5) is 21.4. The number of hydrogen-bond donors (Lipinski definition) is 1. The summed E-state index contributed by atoms with van der Waals surface area (Å²) in [5.41, 5.74) is 5.96. The van der Waals surface area contributed by atoms with Gasteiger partial charge in [-0.05, 0) is 20.3 Å². The largest absolute Gasteiger partial charge is 0.382 e. The second kappa shape index (κ2) is 6.62. The number of aromatic nitrogens is 1. The number of morpholine rings is 1. The lowest BCUT2D eigenvalue weighted by Crippen LogP contribution is -2.50. The number of ether oxygens (including phenoxy) is 1. The Bertz CT molecular complexity index is 505. The molecule has 6 nitrogen and oxygen atoms in total. The molecule has 2 N–H and O–H groups in total. The first-order valence-corrected chi connectivity index (χ1v) is 8.15. The van der Waals surface area contributed by atoms with E-state index >= 15 is 0 Å². The molecule has 1 aliphatic heterocycles. The molecule has 1 amide bonds. The van der Waals surface area contributed by atoms with Crippen molar-refractivity contribution in [3.63, 3.8) is 0 Å². The highest BCUT2D eigenvalue weighted by Crippen LogP contribution is 2.30. The number of nitrogens with zero attached hydrogens (tertiary/aromatic N) is 3. The van der Waals surface area contributed by atoms with Gasteiger partial charge in [0.2, 0.25) is 0 Å². The summed E-state index contributed by atoms with van der Waals surface area (Å²) in [6.07, 6.45) is 1.08. The summed E-state index contributed by atoms with van der Waals surface area (Å²) >= 11 is 1.37. The highest BCUT2D eigenvalue weighted by molar-refractivity contribution is 7.18. The molecule has 1 saturated heterocycles. The predicted octanol–water partition coefficient (Wildman–Crippen LogP) is 1.82. The van der Waals surface area contributed by atoms with Crippen molar-refractivity contribution in [3.05, 3.63) is 4.88 Å². The Kier molecular flexibility index (Phi) is 5.05. The molecule has 0 radical (unpaired) electrons. The number of hydrogen-bond acceptors (Lipinski definition) is 6. The van der Waals surface area contributed by atoms with Gasteiger partial charge in [0, 0.05) is 20.1 Å². The second-order valence-corrected chi connectivity index (χ2v) is 6.56. The fourth-order valence-corrected chi connectivity index (χ4v) is 3.31. The Morgan fingerprint density at radius 2 is 2.29 bits per heavy atom. The Balaban J connectivity index is 2.19. The van der Waals surface area contributed by atoms with Crippen molar-refractivity contribution < 1.29 is 9.53 Å². The molecule has 21 heavy (non-hydrogen) atoms. The average molecular weight is 312 g/mol. The van der Waals surface area contributed by atoms with Crippen LogP contribution in [-0.4, -0.2) is 54.7 Å². The topological polar surface area (TPSA) is 71.7 Å². The van der Waals surface area contributed by atoms with Crippen LogP contribution >= 0.6 is 11.3 Å². The number of nitrogen functional groups attached to an aromatic ring is 1. The van der Waals surface area contributed by atoms with Crippen molar-refractivity contribution in [2.24, 2.45) is 0 Å². The molecule has 0 saturated carbocycles. The third kappa shape index (κ3) is 3.47. The van der Waals surface area contributed by atoms with Crippen LogP contribution in [0.1, 0.15) is 36.9 Å². The normalized spacial score (nSPS) is 22.4. The van der Waals surface area contributed by atoms with Crippen LogP contribution in [0.5, 0.6) is 0 Å². The molecule has 7 heteroatoms. The van der Waals surface area contributed by atoms with Crippen LogP contribution in [0.2, 0.25) is 0 Å². The van der Waals surface area contributed by atoms with Gasteiger partial charge < -0.3 is 20.3 Å². The standard InChI is InChI=1S/C14H24N4O2S/c1-5-6-17(4)14-16-12(15)11(21-14)13(19)18-7-10(3)20-8-9(18)2/h9-10H,5-8,15H2,1-4H3. The van der Waals surface area contributed by atoms with E-state index < -0.39 is 0 Å². The SMILES string of the molecule is CCCN(C)c1nc(N)c(C(=O)N2CC(C)OCC2C)s1. The minimum absolute atomic E-state index is 0.0381. The second-order valence-electron chi connectivity index (χ2n) is 5.58. The Labute approximate surface area is 129 Å². The number of carbonyl (C=O) groups is 1. The van der Waals surface area contributed by atoms with E-state index in [-0.39, 0.29) is 18.1 Å². The maximum Gasteiger partial charge on any atom is 0.268 e. The third-order valence-corrected chi connectivity index (χ3v) is 4.76. The maximum absolute atomic E-state index is 12.7. The van der Waals surface area contributed by atoms with Gasteiger partial charge in [0.1, 0.15) is 10.7 Å². The van der Waals surface area contributed by atoms with Crippen LogP contribution < -0.4 is 10.6 Å². The molecular formula is C14H24N4O2S. The number of nitrogens with two attached hydrogens (primary N) is 1. The van der Waals surface area contributed by atoms with E-state index in [1.807, 2.05) is 30.7 Å². The summed E-state index contributed by atoms with van der Waals surface area (Å²) in [6, 6.07) is 0.0621. The van der Waals surface area contributed by atoms with Crippen LogP contribution in [0.25, 0.3) is 0 Å². The van der Waals surface area contributed by atoms with Crippen LogP contribution in [0, 0.1) is 0 Å². The molecule has 1 fully saturated rings. The van der Waals surface area contributed by atoms with E-state index in [1.54, 1.807) is 0 Å². The molecular weight excluding hydrogens is 288 g/mol. The lowest BCUT2D eigenvalue weighted by atomic mass is 10.2. The molecule has 0 aromatic carbocycles. The van der Waals surface area contributed by atoms with E-state index in [0.29, 0.717) is 23.8 Å². The van der Waals surface area contributed by atoms with E-state index in [1.165, 1.54) is 11.3 Å². The summed E-state index contributed by atoms with van der Waals surface area (Å²) in [5, 5.41) is 0.798. The summed E-state index contributed by atoms with van der Waals surface area (Å²) in [6.45, 7) is 8.13. The minimum Gasteiger partial charge on any atom is -0.382 e. The summed E-state index contributed by atoms with van der Waals surface area (Å²) in [5.74, 6) is 0.290. The first-order valence-electron chi connectivity index (χ1n) is 7.34. The smallest absolute Gasteiger partial charge is 0.268 e. The predicted molar refractivity (Wildman–Crippen MR) is 86.0 cm³/mol. The minimum atomic E-state index is -0.0381. The van der Waals surface area contributed by atoms with Crippen LogP contribution in [0.3, 0.4) is 0 Å². The molecule has 1 aromatic heterocycles. The van der Waals surface area contributed by atoms with Crippen molar-refractivity contribution >= 4 is 28.2 Å². The first kappa shape index (κ1) is 16.0. The average Bonchev–Trinajstić information content (AvgIpc) is 2.83. The van der Waals surface area contributed by atoms with E-state index in [0.717, 1.165) is 18.1 Å². The van der Waals surface area contributed by atoms with Gasteiger partial charge in [0.25, 0.3) is 5.91 Å². The highest BCUT2D eigenvalue weighted by Gasteiger charge is 2.31. The molecule has 118 valence electrons. The van der Waals surface area contributed by atoms with Gasteiger partial charge >= 0.3 is 0 Å². The van der Waals surface area contributed by atoms with Crippen molar-refractivity contribution in [2.75, 3.05) is 37.4 Å². The van der Waals surface area contributed by atoms with Crippen LogP contribution in [-0.2, 0) is 4.74 Å². The quantitative estimate of drug-likeness (QED) is 0.918. The first-order chi connectivity index (χ1) is 9.93. The zero-order valence-electron chi connectivity index (χ0n) is 13.1. The zero-order valence-corrected chi connectivity index (χ0v) is 13.9. The molecule has 2 atom stereocenters. The third-order valence-electron chi connectivity index (χ3n) is 3.59. The Morgan fingerprint density at radius 3 is 2.95 bits per heavy atom. The van der Waals surface area contributed by atoms with E-state index in [9.17, 15) is 4.79 Å². The molecule has 1 aromatic rings. The molecule has 0 bridgehead atoms. The zero-order chi connectivity index (χ0) is 15.6. The van der Waals surface area contributed by atoms with Gasteiger partial charge in [0.05, 0.1) is 18.8 Å². The fourth-order valence-electron chi connectivity index (χ4n) is 2.38. The van der Waals surface area contributed by atoms with Crippen LogP contribution in [0.4, 0.5) is 10.9 Å². The molecule has 2 heterocycles. The lowest BCUT2D eigenvalue weighted by molar-refractivity contribution is -0.0385. The fraction of sp³-hybridized carbons (Fsp3) is 0.714. The summed E-state index contributed by atoms with van der Waals surface area (Å²) < 4.78 is 5.57. The van der Waals surface area contributed by atoms with Gasteiger partial charge in [-0.2, -0.15) is 0 Å². The van der Waals surface area contributed by atoms with Crippen molar-refractivity contribution in [1.29, 1.82) is 0 Å². The van der Waals surface area contributed by atoms with E-state index in [4.69, 9.17) is 10.5 Å².